The normalized spacial score (nSPS) is 16.6. The first-order valence-corrected chi connectivity index (χ1v) is 9.01. The molecule has 1 unspecified atom stereocenters. The molecule has 134 valence electrons. The van der Waals surface area contributed by atoms with Gasteiger partial charge in [-0.3, -0.25) is 4.90 Å². The van der Waals surface area contributed by atoms with E-state index in [1.807, 2.05) is 12.1 Å². The molecule has 0 aromatic heterocycles. The minimum atomic E-state index is 0.0780. The van der Waals surface area contributed by atoms with Crippen LogP contribution in [0.15, 0.2) is 42.5 Å². The van der Waals surface area contributed by atoms with E-state index >= 15 is 0 Å². The zero-order chi connectivity index (χ0) is 17.6. The lowest BCUT2D eigenvalue weighted by Gasteiger charge is -2.27. The zero-order valence-electron chi connectivity index (χ0n) is 15.2. The van der Waals surface area contributed by atoms with E-state index < -0.39 is 0 Å². The molecule has 0 bridgehead atoms. The first-order valence-electron chi connectivity index (χ1n) is 9.01. The molecule has 1 aliphatic heterocycles. The monoisotopic (exact) mass is 340 g/mol. The summed E-state index contributed by atoms with van der Waals surface area (Å²) in [5.41, 5.74) is 5.88. The number of nitrogens with zero attached hydrogens (tertiary/aromatic N) is 1. The van der Waals surface area contributed by atoms with Gasteiger partial charge in [0.15, 0.2) is 0 Å². The van der Waals surface area contributed by atoms with Crippen molar-refractivity contribution in [2.45, 2.75) is 33.0 Å². The van der Waals surface area contributed by atoms with E-state index in [1.54, 1.807) is 0 Å². The smallest absolute Gasteiger partial charge is 0.0681 e. The van der Waals surface area contributed by atoms with Crippen LogP contribution in [0.1, 0.15) is 35.2 Å². The molecule has 1 saturated heterocycles. The third-order valence-corrected chi connectivity index (χ3v) is 4.82. The summed E-state index contributed by atoms with van der Waals surface area (Å²) in [4.78, 5) is 2.44. The number of hydrogen-bond donors (Lipinski definition) is 2. The second-order valence-corrected chi connectivity index (χ2v) is 6.81. The molecule has 1 atom stereocenters. The molecule has 0 aliphatic carbocycles. The van der Waals surface area contributed by atoms with Gasteiger partial charge in [-0.05, 0) is 42.2 Å². The second kappa shape index (κ2) is 8.48. The van der Waals surface area contributed by atoms with Crippen LogP contribution in [0.25, 0.3) is 0 Å². The lowest BCUT2D eigenvalue weighted by Crippen LogP contribution is -2.35. The number of aliphatic hydroxyl groups is 1. The highest BCUT2D eigenvalue weighted by molar-refractivity contribution is 5.54. The summed E-state index contributed by atoms with van der Waals surface area (Å²) in [6.45, 7) is 9.00. The molecule has 1 aliphatic rings. The van der Waals surface area contributed by atoms with Gasteiger partial charge in [0, 0.05) is 31.4 Å². The van der Waals surface area contributed by atoms with Crippen molar-refractivity contribution in [3.8, 4) is 0 Å². The molecule has 3 rings (SSSR count). The highest BCUT2D eigenvalue weighted by atomic mass is 16.5. The number of anilines is 1. The van der Waals surface area contributed by atoms with Gasteiger partial charge in [0.2, 0.25) is 0 Å². The van der Waals surface area contributed by atoms with Gasteiger partial charge in [-0.2, -0.15) is 0 Å². The van der Waals surface area contributed by atoms with Crippen LogP contribution >= 0.6 is 0 Å². The van der Waals surface area contributed by atoms with Gasteiger partial charge in [-0.25, -0.2) is 0 Å². The Morgan fingerprint density at radius 2 is 1.92 bits per heavy atom. The van der Waals surface area contributed by atoms with Crippen molar-refractivity contribution in [2.75, 3.05) is 31.6 Å². The number of aryl methyl sites for hydroxylation is 1. The molecule has 0 radical (unpaired) electrons. The van der Waals surface area contributed by atoms with Crippen molar-refractivity contribution in [1.29, 1.82) is 0 Å². The summed E-state index contributed by atoms with van der Waals surface area (Å²) in [6.07, 6.45) is 0. The van der Waals surface area contributed by atoms with Crippen LogP contribution in [-0.2, 0) is 17.9 Å². The fourth-order valence-electron chi connectivity index (χ4n) is 3.22. The number of rotatable bonds is 6. The standard InChI is InChI=1S/C21H28N2O2/c1-16-6-7-18(14-23-8-10-25-11-9-23)13-21(16)22-17(2)20-5-3-4-19(12-20)15-24/h3-7,12-13,17,22,24H,8-11,14-15H2,1-2H3. The molecule has 2 aromatic carbocycles. The summed E-state index contributed by atoms with van der Waals surface area (Å²) >= 11 is 0. The lowest BCUT2D eigenvalue weighted by molar-refractivity contribution is 0.0342. The van der Waals surface area contributed by atoms with Crippen molar-refractivity contribution in [3.63, 3.8) is 0 Å². The molecule has 1 heterocycles. The maximum atomic E-state index is 9.34. The van der Waals surface area contributed by atoms with E-state index in [9.17, 15) is 5.11 Å². The number of nitrogens with one attached hydrogen (secondary N) is 1. The Labute approximate surface area is 150 Å². The fourth-order valence-corrected chi connectivity index (χ4v) is 3.22. The Morgan fingerprint density at radius 3 is 2.68 bits per heavy atom. The predicted octanol–water partition coefficient (Wildman–Crippen LogP) is 3.49. The minimum Gasteiger partial charge on any atom is -0.392 e. The Kier molecular flexibility index (Phi) is 6.08. The predicted molar refractivity (Wildman–Crippen MR) is 102 cm³/mol. The molecule has 4 nitrogen and oxygen atoms in total. The highest BCUT2D eigenvalue weighted by Crippen LogP contribution is 2.24. The third kappa shape index (κ3) is 4.82. The van der Waals surface area contributed by atoms with Gasteiger partial charge < -0.3 is 15.2 Å². The molecule has 25 heavy (non-hydrogen) atoms. The Balaban J connectivity index is 1.71. The summed E-state index contributed by atoms with van der Waals surface area (Å²) in [7, 11) is 0. The highest BCUT2D eigenvalue weighted by Gasteiger charge is 2.12. The summed E-state index contributed by atoms with van der Waals surface area (Å²) in [5.74, 6) is 0. The molecule has 4 heteroatoms. The summed E-state index contributed by atoms with van der Waals surface area (Å²) < 4.78 is 5.43. The van der Waals surface area contributed by atoms with Crippen LogP contribution in [0.2, 0.25) is 0 Å². The van der Waals surface area contributed by atoms with Gasteiger partial charge in [0.05, 0.1) is 19.8 Å². The van der Waals surface area contributed by atoms with E-state index in [2.05, 4.69) is 54.4 Å². The average Bonchev–Trinajstić information content (AvgIpc) is 2.65. The topological polar surface area (TPSA) is 44.7 Å². The molecule has 0 saturated carbocycles. The average molecular weight is 340 g/mol. The molecule has 2 aromatic rings. The summed E-state index contributed by atoms with van der Waals surface area (Å²) in [5, 5.41) is 13.0. The maximum Gasteiger partial charge on any atom is 0.0681 e. The largest absolute Gasteiger partial charge is 0.392 e. The molecular formula is C21H28N2O2. The van der Waals surface area contributed by atoms with Crippen molar-refractivity contribution in [2.24, 2.45) is 0 Å². The van der Waals surface area contributed by atoms with E-state index in [-0.39, 0.29) is 12.6 Å². The van der Waals surface area contributed by atoms with Gasteiger partial charge in [0.25, 0.3) is 0 Å². The van der Waals surface area contributed by atoms with Crippen LogP contribution in [-0.4, -0.2) is 36.3 Å². The second-order valence-electron chi connectivity index (χ2n) is 6.81. The number of morpholine rings is 1. The van der Waals surface area contributed by atoms with Crippen molar-refractivity contribution < 1.29 is 9.84 Å². The van der Waals surface area contributed by atoms with Crippen LogP contribution in [0, 0.1) is 6.92 Å². The van der Waals surface area contributed by atoms with Gasteiger partial charge in [-0.15, -0.1) is 0 Å². The lowest BCUT2D eigenvalue weighted by atomic mass is 10.0. The Hall–Kier alpha value is -1.88. The van der Waals surface area contributed by atoms with Crippen LogP contribution in [0.3, 0.4) is 0 Å². The number of aliphatic hydroxyl groups excluding tert-OH is 1. The van der Waals surface area contributed by atoms with Gasteiger partial charge >= 0.3 is 0 Å². The van der Waals surface area contributed by atoms with E-state index in [0.717, 1.165) is 38.4 Å². The molecule has 2 N–H and O–H groups in total. The van der Waals surface area contributed by atoms with Gasteiger partial charge in [0.1, 0.15) is 0 Å². The zero-order valence-corrected chi connectivity index (χ0v) is 15.2. The molecule has 1 fully saturated rings. The molecular weight excluding hydrogens is 312 g/mol. The fraction of sp³-hybridized carbons (Fsp3) is 0.429. The van der Waals surface area contributed by atoms with Crippen LogP contribution in [0.4, 0.5) is 5.69 Å². The molecule has 0 spiro atoms. The van der Waals surface area contributed by atoms with E-state index in [4.69, 9.17) is 4.74 Å². The first-order chi connectivity index (χ1) is 12.2. The summed E-state index contributed by atoms with van der Waals surface area (Å²) in [6, 6.07) is 15.0. The van der Waals surface area contributed by atoms with Crippen molar-refractivity contribution in [3.05, 3.63) is 64.7 Å². The third-order valence-electron chi connectivity index (χ3n) is 4.82. The quantitative estimate of drug-likeness (QED) is 0.845. The SMILES string of the molecule is Cc1ccc(CN2CCOCC2)cc1NC(C)c1cccc(CO)c1. The maximum absolute atomic E-state index is 9.34. The van der Waals surface area contributed by atoms with Gasteiger partial charge in [-0.1, -0.05) is 36.4 Å². The Morgan fingerprint density at radius 1 is 1.12 bits per heavy atom. The van der Waals surface area contributed by atoms with E-state index in [0.29, 0.717) is 0 Å². The number of benzene rings is 2. The Bertz CT molecular complexity index is 696. The van der Waals surface area contributed by atoms with Crippen molar-refractivity contribution in [1.82, 2.24) is 4.90 Å². The number of ether oxygens (including phenoxy) is 1. The minimum absolute atomic E-state index is 0.0780. The first kappa shape index (κ1) is 17.9. The van der Waals surface area contributed by atoms with E-state index in [1.165, 1.54) is 22.4 Å². The van der Waals surface area contributed by atoms with Crippen molar-refractivity contribution >= 4 is 5.69 Å². The number of hydrogen-bond acceptors (Lipinski definition) is 4. The molecule has 0 amide bonds. The van der Waals surface area contributed by atoms with Crippen LogP contribution < -0.4 is 5.32 Å². The van der Waals surface area contributed by atoms with Crippen LogP contribution in [0.5, 0.6) is 0 Å².